The second-order valence-electron chi connectivity index (χ2n) is 6.14. The number of nitrogens with zero attached hydrogens (tertiary/aromatic N) is 2. The number of hydrogen-bond donors (Lipinski definition) is 1. The smallest absolute Gasteiger partial charge is 0.246 e. The van der Waals surface area contributed by atoms with Crippen molar-refractivity contribution in [2.75, 3.05) is 5.75 Å². The summed E-state index contributed by atoms with van der Waals surface area (Å²) in [4.78, 5) is 16.3. The maximum absolute atomic E-state index is 12.0. The molecular formula is C20H21N3O2S. The largest absolute Gasteiger partial charge is 0.346 e. The zero-order valence-corrected chi connectivity index (χ0v) is 15.7. The fourth-order valence-corrected chi connectivity index (χ4v) is 3.22. The van der Waals surface area contributed by atoms with Gasteiger partial charge in [0, 0.05) is 11.3 Å². The molecule has 1 heterocycles. The number of carbonyl (C=O) groups excluding carboxylic acids is 1. The third kappa shape index (κ3) is 5.20. The summed E-state index contributed by atoms with van der Waals surface area (Å²) in [6.45, 7) is 4.31. The Labute approximate surface area is 157 Å². The summed E-state index contributed by atoms with van der Waals surface area (Å²) >= 11 is 1.58. The fraction of sp³-hybridized carbons (Fsp3) is 0.250. The lowest BCUT2D eigenvalue weighted by Gasteiger charge is -2.03. The van der Waals surface area contributed by atoms with Crippen molar-refractivity contribution in [2.24, 2.45) is 0 Å². The Morgan fingerprint density at radius 1 is 1.12 bits per heavy atom. The van der Waals surface area contributed by atoms with E-state index in [0.717, 1.165) is 16.9 Å². The van der Waals surface area contributed by atoms with Gasteiger partial charge >= 0.3 is 0 Å². The quantitative estimate of drug-likeness (QED) is 0.686. The van der Waals surface area contributed by atoms with Crippen molar-refractivity contribution >= 4 is 17.7 Å². The van der Waals surface area contributed by atoms with Gasteiger partial charge in [0.05, 0.1) is 12.3 Å². The van der Waals surface area contributed by atoms with Crippen LogP contribution < -0.4 is 5.32 Å². The van der Waals surface area contributed by atoms with Crippen molar-refractivity contribution in [3.8, 4) is 11.4 Å². The lowest BCUT2D eigenvalue weighted by Crippen LogP contribution is -2.24. The molecule has 0 saturated carbocycles. The van der Waals surface area contributed by atoms with Gasteiger partial charge in [-0.05, 0) is 25.5 Å². The second kappa shape index (κ2) is 8.67. The van der Waals surface area contributed by atoms with E-state index in [4.69, 9.17) is 4.52 Å². The zero-order valence-electron chi connectivity index (χ0n) is 14.9. The average molecular weight is 367 g/mol. The molecule has 6 heteroatoms. The van der Waals surface area contributed by atoms with Gasteiger partial charge in [0.15, 0.2) is 0 Å². The van der Waals surface area contributed by atoms with Gasteiger partial charge in [-0.2, -0.15) is 4.98 Å². The van der Waals surface area contributed by atoms with Gasteiger partial charge in [0.25, 0.3) is 0 Å². The summed E-state index contributed by atoms with van der Waals surface area (Å²) in [5.74, 6) is 2.10. The predicted molar refractivity (Wildman–Crippen MR) is 104 cm³/mol. The van der Waals surface area contributed by atoms with E-state index in [0.29, 0.717) is 17.5 Å². The molecule has 0 radical (unpaired) electrons. The number of rotatable bonds is 7. The van der Waals surface area contributed by atoms with Crippen LogP contribution in [0.25, 0.3) is 11.4 Å². The molecule has 0 saturated heterocycles. The predicted octanol–water partition coefficient (Wildman–Crippen LogP) is 3.90. The summed E-state index contributed by atoms with van der Waals surface area (Å²) in [6.07, 6.45) is 0. The minimum Gasteiger partial charge on any atom is -0.346 e. The normalized spacial score (nSPS) is 10.7. The molecule has 26 heavy (non-hydrogen) atoms. The maximum Gasteiger partial charge on any atom is 0.246 e. The molecule has 3 aromatic rings. The molecule has 1 aromatic heterocycles. The highest BCUT2D eigenvalue weighted by atomic mass is 32.2. The van der Waals surface area contributed by atoms with E-state index < -0.39 is 0 Å². The second-order valence-corrected chi connectivity index (χ2v) is 7.12. The molecule has 134 valence electrons. The number of thioether (sulfide) groups is 1. The van der Waals surface area contributed by atoms with Crippen LogP contribution >= 0.6 is 11.8 Å². The van der Waals surface area contributed by atoms with Crippen LogP contribution in [-0.2, 0) is 17.1 Å². The molecule has 0 aliphatic carbocycles. The van der Waals surface area contributed by atoms with Crippen molar-refractivity contribution in [2.45, 2.75) is 26.1 Å². The first-order chi connectivity index (χ1) is 12.6. The van der Waals surface area contributed by atoms with Crippen LogP contribution in [0.2, 0.25) is 0 Å². The van der Waals surface area contributed by atoms with E-state index in [9.17, 15) is 4.79 Å². The maximum atomic E-state index is 12.0. The van der Waals surface area contributed by atoms with E-state index in [2.05, 4.69) is 46.6 Å². The standard InChI is InChI=1S/C20H21N3O2S/c1-14-6-8-16(9-7-14)12-26-13-18(24)21-11-19-22-20(23-25-19)17-5-3-4-15(2)10-17/h3-10H,11-13H2,1-2H3,(H,21,24). The first-order valence-corrected chi connectivity index (χ1v) is 9.55. The van der Waals surface area contributed by atoms with Crippen LogP contribution in [0, 0.1) is 13.8 Å². The van der Waals surface area contributed by atoms with Crippen molar-refractivity contribution < 1.29 is 9.32 Å². The van der Waals surface area contributed by atoms with E-state index >= 15 is 0 Å². The van der Waals surface area contributed by atoms with Crippen LogP contribution in [0.4, 0.5) is 0 Å². The molecule has 2 aromatic carbocycles. The van der Waals surface area contributed by atoms with E-state index in [-0.39, 0.29) is 12.5 Å². The van der Waals surface area contributed by atoms with E-state index in [1.165, 1.54) is 11.1 Å². The monoisotopic (exact) mass is 367 g/mol. The van der Waals surface area contributed by atoms with Gasteiger partial charge in [-0.1, -0.05) is 58.7 Å². The third-order valence-corrected chi connectivity index (χ3v) is 4.81. The van der Waals surface area contributed by atoms with Gasteiger partial charge in [0.2, 0.25) is 17.6 Å². The Morgan fingerprint density at radius 2 is 1.92 bits per heavy atom. The van der Waals surface area contributed by atoms with Gasteiger partial charge in [0.1, 0.15) is 0 Å². The number of aromatic nitrogens is 2. The fourth-order valence-electron chi connectivity index (χ4n) is 2.40. The van der Waals surface area contributed by atoms with Crippen molar-refractivity contribution in [3.05, 3.63) is 71.1 Å². The first-order valence-electron chi connectivity index (χ1n) is 8.40. The van der Waals surface area contributed by atoms with Gasteiger partial charge in [-0.3, -0.25) is 4.79 Å². The summed E-state index contributed by atoms with van der Waals surface area (Å²) in [5, 5.41) is 6.79. The number of nitrogens with one attached hydrogen (secondary N) is 1. The molecule has 0 bridgehead atoms. The summed E-state index contributed by atoms with van der Waals surface area (Å²) in [7, 11) is 0. The Bertz CT molecular complexity index is 875. The SMILES string of the molecule is Cc1ccc(CSCC(=O)NCc2nc(-c3cccc(C)c3)no2)cc1. The Kier molecular flexibility index (Phi) is 6.07. The molecule has 0 unspecified atom stereocenters. The van der Waals surface area contributed by atoms with Gasteiger partial charge in [-0.25, -0.2) is 0 Å². The molecule has 0 fully saturated rings. The Hall–Kier alpha value is -2.60. The van der Waals surface area contributed by atoms with Gasteiger partial charge < -0.3 is 9.84 Å². The highest BCUT2D eigenvalue weighted by Gasteiger charge is 2.10. The van der Waals surface area contributed by atoms with Crippen LogP contribution in [0.15, 0.2) is 53.1 Å². The first kappa shape index (κ1) is 18.2. The molecule has 3 rings (SSSR count). The van der Waals surface area contributed by atoms with Crippen LogP contribution in [0.3, 0.4) is 0 Å². The number of amides is 1. The number of aryl methyl sites for hydroxylation is 2. The molecule has 5 nitrogen and oxygen atoms in total. The number of carbonyl (C=O) groups is 1. The van der Waals surface area contributed by atoms with Crippen LogP contribution in [-0.4, -0.2) is 21.8 Å². The molecule has 0 atom stereocenters. The van der Waals surface area contributed by atoms with Crippen LogP contribution in [0.1, 0.15) is 22.6 Å². The molecule has 0 aliphatic rings. The molecular weight excluding hydrogens is 346 g/mol. The van der Waals surface area contributed by atoms with Crippen molar-refractivity contribution in [1.82, 2.24) is 15.5 Å². The third-order valence-electron chi connectivity index (χ3n) is 3.80. The van der Waals surface area contributed by atoms with Crippen molar-refractivity contribution in [3.63, 3.8) is 0 Å². The number of hydrogen-bond acceptors (Lipinski definition) is 5. The highest BCUT2D eigenvalue weighted by molar-refractivity contribution is 7.99. The molecule has 0 spiro atoms. The topological polar surface area (TPSA) is 68.0 Å². The molecule has 1 N–H and O–H groups in total. The lowest BCUT2D eigenvalue weighted by atomic mass is 10.1. The van der Waals surface area contributed by atoms with E-state index in [1.807, 2.05) is 31.2 Å². The van der Waals surface area contributed by atoms with E-state index in [1.54, 1.807) is 11.8 Å². The highest BCUT2D eigenvalue weighted by Crippen LogP contribution is 2.17. The molecule has 1 amide bonds. The lowest BCUT2D eigenvalue weighted by molar-refractivity contribution is -0.118. The summed E-state index contributed by atoms with van der Waals surface area (Å²) in [5.41, 5.74) is 4.49. The molecule has 0 aliphatic heterocycles. The summed E-state index contributed by atoms with van der Waals surface area (Å²) < 4.78 is 5.21. The minimum absolute atomic E-state index is 0.0441. The summed E-state index contributed by atoms with van der Waals surface area (Å²) in [6, 6.07) is 16.2. The van der Waals surface area contributed by atoms with Crippen molar-refractivity contribution in [1.29, 1.82) is 0 Å². The number of benzene rings is 2. The average Bonchev–Trinajstić information content (AvgIpc) is 3.11. The Balaban J connectivity index is 1.44. The minimum atomic E-state index is -0.0441. The zero-order chi connectivity index (χ0) is 18.4. The van der Waals surface area contributed by atoms with Gasteiger partial charge in [-0.15, -0.1) is 11.8 Å². The van der Waals surface area contributed by atoms with Crippen LogP contribution in [0.5, 0.6) is 0 Å². The Morgan fingerprint density at radius 3 is 2.69 bits per heavy atom.